The number of nitrogens with zero attached hydrogens (tertiary/aromatic N) is 4. The zero-order valence-electron chi connectivity index (χ0n) is 16.7. The zero-order chi connectivity index (χ0) is 19.1. The number of aliphatic hydroxyl groups is 1. The van der Waals surface area contributed by atoms with Gasteiger partial charge in [0.25, 0.3) is 0 Å². The molecule has 1 unspecified atom stereocenters. The average Bonchev–Trinajstić information content (AvgIpc) is 3.02. The number of benzene rings is 1. The van der Waals surface area contributed by atoms with Gasteiger partial charge in [0.2, 0.25) is 0 Å². The van der Waals surface area contributed by atoms with Crippen LogP contribution in [0, 0.1) is 5.92 Å². The minimum Gasteiger partial charge on any atom is -0.373 e. The van der Waals surface area contributed by atoms with Crippen LogP contribution >= 0.6 is 11.5 Å². The molecule has 0 spiro atoms. The summed E-state index contributed by atoms with van der Waals surface area (Å²) in [6, 6.07) is 6.99. The second kappa shape index (κ2) is 7.88. The number of nitrogens with one attached hydrogen (secondary N) is 1. The molecule has 28 heavy (non-hydrogen) atoms. The van der Waals surface area contributed by atoms with Gasteiger partial charge < -0.3 is 19.8 Å². The van der Waals surface area contributed by atoms with Crippen LogP contribution in [0.3, 0.4) is 0 Å². The molecule has 6 nitrogen and oxygen atoms in total. The standard InChI is InChI=1S/C21H31N5OS/c1-24-7-2-8-26(12-11-24)16-3-4-19-17(13-16)20(23-28-19)21(27)22-18-14-25-9-5-15(18)6-10-25/h3-4,13,15,18,21-22,27H,2,5-12,14H2,1H3/t18-,21?/m1/s1. The molecule has 0 radical (unpaired) electrons. The van der Waals surface area contributed by atoms with E-state index in [1.807, 2.05) is 0 Å². The van der Waals surface area contributed by atoms with Gasteiger partial charge in [-0.2, -0.15) is 4.37 Å². The van der Waals surface area contributed by atoms with Crippen LogP contribution in [0.1, 0.15) is 31.2 Å². The fraction of sp³-hybridized carbons (Fsp3) is 0.667. The first-order chi connectivity index (χ1) is 13.7. The topological polar surface area (TPSA) is 54.9 Å². The van der Waals surface area contributed by atoms with Gasteiger partial charge in [-0.15, -0.1) is 0 Å². The summed E-state index contributed by atoms with van der Waals surface area (Å²) in [6.45, 7) is 7.87. The van der Waals surface area contributed by atoms with Crippen LogP contribution in [0.25, 0.3) is 10.1 Å². The van der Waals surface area contributed by atoms with Crippen LogP contribution < -0.4 is 10.2 Å². The molecule has 152 valence electrons. The number of likely N-dealkylation sites (N-methyl/N-ethyl adjacent to an activating group) is 1. The van der Waals surface area contributed by atoms with E-state index in [0.717, 1.165) is 48.5 Å². The van der Waals surface area contributed by atoms with E-state index >= 15 is 0 Å². The normalized spacial score (nSPS) is 29.9. The van der Waals surface area contributed by atoms with E-state index in [1.165, 1.54) is 49.6 Å². The smallest absolute Gasteiger partial charge is 0.150 e. The summed E-state index contributed by atoms with van der Waals surface area (Å²) in [4.78, 5) is 7.38. The third-order valence-corrected chi connectivity index (χ3v) is 7.69. The van der Waals surface area contributed by atoms with Crippen molar-refractivity contribution in [3.05, 3.63) is 23.9 Å². The number of hydrogen-bond acceptors (Lipinski definition) is 7. The summed E-state index contributed by atoms with van der Waals surface area (Å²) in [6.07, 6.45) is 2.99. The molecule has 4 aliphatic heterocycles. The van der Waals surface area contributed by atoms with Gasteiger partial charge in [0.15, 0.2) is 0 Å². The molecular formula is C21H31N5OS. The molecule has 6 rings (SSSR count). The highest BCUT2D eigenvalue weighted by molar-refractivity contribution is 7.13. The Bertz CT molecular complexity index is 818. The van der Waals surface area contributed by atoms with Gasteiger partial charge in [-0.1, -0.05) is 0 Å². The SMILES string of the molecule is CN1CCCN(c2ccc3snc(C(O)N[C@@H]4CN5CCC4CC5)c3c2)CC1. The Morgan fingerprint density at radius 3 is 2.79 bits per heavy atom. The Morgan fingerprint density at radius 1 is 1.14 bits per heavy atom. The highest BCUT2D eigenvalue weighted by Crippen LogP contribution is 2.33. The number of hydrogen-bond donors (Lipinski definition) is 2. The van der Waals surface area contributed by atoms with E-state index in [-0.39, 0.29) is 0 Å². The van der Waals surface area contributed by atoms with Crippen LogP contribution in [0.4, 0.5) is 5.69 Å². The molecule has 4 aliphatic rings. The molecule has 2 N–H and O–H groups in total. The fourth-order valence-electron chi connectivity index (χ4n) is 5.08. The maximum atomic E-state index is 11.0. The minimum absolute atomic E-state index is 0.374. The number of rotatable bonds is 4. The van der Waals surface area contributed by atoms with Gasteiger partial charge in [0.1, 0.15) is 11.9 Å². The molecular weight excluding hydrogens is 370 g/mol. The van der Waals surface area contributed by atoms with Crippen molar-refractivity contribution in [1.82, 2.24) is 19.5 Å². The first-order valence-corrected chi connectivity index (χ1v) is 11.4. The second-order valence-corrected chi connectivity index (χ2v) is 9.51. The summed E-state index contributed by atoms with van der Waals surface area (Å²) in [5.41, 5.74) is 2.05. The Hall–Kier alpha value is -1.25. The van der Waals surface area contributed by atoms with Gasteiger partial charge in [-0.25, -0.2) is 0 Å². The fourth-order valence-corrected chi connectivity index (χ4v) is 5.87. The van der Waals surface area contributed by atoms with Gasteiger partial charge in [0, 0.05) is 43.3 Å². The summed E-state index contributed by atoms with van der Waals surface area (Å²) in [5, 5.41) is 15.6. The maximum Gasteiger partial charge on any atom is 0.150 e. The number of anilines is 1. The summed E-state index contributed by atoms with van der Waals surface area (Å²) >= 11 is 1.49. The number of fused-ring (bicyclic) bond motifs is 4. The van der Waals surface area contributed by atoms with Crippen molar-refractivity contribution in [1.29, 1.82) is 0 Å². The van der Waals surface area contributed by atoms with Crippen LogP contribution in [0.15, 0.2) is 18.2 Å². The summed E-state index contributed by atoms with van der Waals surface area (Å²) < 4.78 is 5.78. The van der Waals surface area contributed by atoms with Crippen molar-refractivity contribution in [2.75, 3.05) is 57.8 Å². The van der Waals surface area contributed by atoms with Gasteiger partial charge >= 0.3 is 0 Å². The summed E-state index contributed by atoms with van der Waals surface area (Å²) in [5.74, 6) is 0.689. The Morgan fingerprint density at radius 2 is 2.00 bits per heavy atom. The van der Waals surface area contributed by atoms with Crippen LogP contribution in [0.2, 0.25) is 0 Å². The lowest BCUT2D eigenvalue weighted by Crippen LogP contribution is -2.56. The second-order valence-electron chi connectivity index (χ2n) is 8.71. The molecule has 1 aromatic carbocycles. The molecule has 2 bridgehead atoms. The highest BCUT2D eigenvalue weighted by Gasteiger charge is 2.35. The lowest BCUT2D eigenvalue weighted by molar-refractivity contribution is 0.0303. The largest absolute Gasteiger partial charge is 0.373 e. The molecule has 4 saturated heterocycles. The molecule has 5 heterocycles. The number of piperidine rings is 3. The molecule has 2 atom stereocenters. The molecule has 0 saturated carbocycles. The van der Waals surface area contributed by atoms with Crippen molar-refractivity contribution in [3.63, 3.8) is 0 Å². The predicted octanol–water partition coefficient (Wildman–Crippen LogP) is 2.11. The van der Waals surface area contributed by atoms with Crippen LogP contribution in [-0.2, 0) is 0 Å². The molecule has 4 fully saturated rings. The zero-order valence-corrected chi connectivity index (χ0v) is 17.5. The van der Waals surface area contributed by atoms with Crippen molar-refractivity contribution in [2.24, 2.45) is 5.92 Å². The molecule has 0 amide bonds. The quantitative estimate of drug-likeness (QED) is 0.766. The average molecular weight is 402 g/mol. The van der Waals surface area contributed by atoms with Crippen LogP contribution in [-0.4, -0.2) is 78.2 Å². The molecule has 2 aromatic rings. The minimum atomic E-state index is -0.690. The first-order valence-electron chi connectivity index (χ1n) is 10.7. The Labute approximate surface area is 171 Å². The van der Waals surface area contributed by atoms with Crippen molar-refractivity contribution in [3.8, 4) is 0 Å². The van der Waals surface area contributed by atoms with E-state index in [0.29, 0.717) is 12.0 Å². The molecule has 1 aromatic heterocycles. The van der Waals surface area contributed by atoms with E-state index < -0.39 is 6.23 Å². The van der Waals surface area contributed by atoms with E-state index in [1.54, 1.807) is 0 Å². The third kappa shape index (κ3) is 3.66. The van der Waals surface area contributed by atoms with E-state index in [4.69, 9.17) is 0 Å². The van der Waals surface area contributed by atoms with Crippen molar-refractivity contribution in [2.45, 2.75) is 31.5 Å². The summed E-state index contributed by atoms with van der Waals surface area (Å²) in [7, 11) is 2.20. The first kappa shape index (κ1) is 18.8. The van der Waals surface area contributed by atoms with Crippen LogP contribution in [0.5, 0.6) is 0 Å². The number of aliphatic hydroxyl groups excluding tert-OH is 1. The van der Waals surface area contributed by atoms with Gasteiger partial charge in [0.05, 0.1) is 4.70 Å². The third-order valence-electron chi connectivity index (χ3n) is 6.85. The predicted molar refractivity (Wildman–Crippen MR) is 115 cm³/mol. The lowest BCUT2D eigenvalue weighted by atomic mass is 9.84. The monoisotopic (exact) mass is 401 g/mol. The Kier molecular flexibility index (Phi) is 5.28. The van der Waals surface area contributed by atoms with E-state index in [9.17, 15) is 5.11 Å². The maximum absolute atomic E-state index is 11.0. The van der Waals surface area contributed by atoms with Gasteiger partial charge in [-0.05, 0) is 81.6 Å². The van der Waals surface area contributed by atoms with E-state index in [2.05, 4.69) is 49.6 Å². The lowest BCUT2D eigenvalue weighted by Gasteiger charge is -2.45. The number of aromatic nitrogens is 1. The molecule has 0 aliphatic carbocycles. The molecule has 7 heteroatoms. The Balaban J connectivity index is 1.36. The highest BCUT2D eigenvalue weighted by atomic mass is 32.1. The van der Waals surface area contributed by atoms with Crippen molar-refractivity contribution < 1.29 is 5.11 Å². The van der Waals surface area contributed by atoms with Gasteiger partial charge in [-0.3, -0.25) is 5.32 Å². The van der Waals surface area contributed by atoms with Crippen molar-refractivity contribution >= 4 is 27.3 Å².